The summed E-state index contributed by atoms with van der Waals surface area (Å²) in [6.07, 6.45) is 0. The van der Waals surface area contributed by atoms with Crippen LogP contribution in [0.1, 0.15) is 0 Å². The van der Waals surface area contributed by atoms with Gasteiger partial charge in [-0.2, -0.15) is 0 Å². The minimum atomic E-state index is 0. The van der Waals surface area contributed by atoms with Crippen molar-refractivity contribution in [1.82, 2.24) is 6.15 Å². The normalized spacial score (nSPS) is 0. The van der Waals surface area contributed by atoms with E-state index in [1.807, 2.05) is 0 Å². The van der Waals surface area contributed by atoms with Crippen molar-refractivity contribution < 1.29 is 37.2 Å². The van der Waals surface area contributed by atoms with Gasteiger partial charge in [0.2, 0.25) is 0 Å². The van der Waals surface area contributed by atoms with Crippen molar-refractivity contribution in [2.24, 2.45) is 0 Å². The Morgan fingerprint density at radius 3 is 0.750 bits per heavy atom. The first kappa shape index (κ1) is 116. The van der Waals surface area contributed by atoms with Gasteiger partial charge in [-0.1, -0.05) is 0 Å². The van der Waals surface area contributed by atoms with Crippen LogP contribution >= 0.6 is 0 Å². The SMILES string of the molecule is [NH4+].[OH-].[OH-].[Zr]. The first-order chi connectivity index (χ1) is 0. The molecule has 0 aromatic rings. The molecule has 0 unspecified atom stereocenters. The molecule has 0 aliphatic heterocycles. The molecule has 0 saturated carbocycles. The summed E-state index contributed by atoms with van der Waals surface area (Å²) in [6.45, 7) is 0. The van der Waals surface area contributed by atoms with Crippen LogP contribution in [0.3, 0.4) is 0 Å². The Bertz CT molecular complexity index is 6.00. The second kappa shape index (κ2) is 49.3. The van der Waals surface area contributed by atoms with Crippen LogP contribution in [0, 0.1) is 0 Å². The van der Waals surface area contributed by atoms with Crippen LogP contribution < -0.4 is 6.15 Å². The minimum absolute atomic E-state index is 0. The van der Waals surface area contributed by atoms with Crippen molar-refractivity contribution in [2.45, 2.75) is 0 Å². The molecule has 28 valence electrons. The summed E-state index contributed by atoms with van der Waals surface area (Å²) >= 11 is 0. The molecule has 0 aromatic heterocycles. The van der Waals surface area contributed by atoms with Crippen molar-refractivity contribution in [1.29, 1.82) is 0 Å². The molecule has 0 amide bonds. The van der Waals surface area contributed by atoms with Crippen LogP contribution in [0.25, 0.3) is 0 Å². The van der Waals surface area contributed by atoms with Crippen LogP contribution in [-0.4, -0.2) is 11.0 Å². The second-order valence-corrected chi connectivity index (χ2v) is 0. The third-order valence-corrected chi connectivity index (χ3v) is 0. The fraction of sp³-hybridized carbons (Fsp3) is 0. The zero-order chi connectivity index (χ0) is 0. The summed E-state index contributed by atoms with van der Waals surface area (Å²) in [7, 11) is 0. The zero-order valence-corrected chi connectivity index (χ0v) is 4.85. The van der Waals surface area contributed by atoms with E-state index in [1.54, 1.807) is 0 Å². The largest absolute Gasteiger partial charge is 0.870 e. The van der Waals surface area contributed by atoms with Gasteiger partial charge in [-0.3, -0.25) is 0 Å². The third-order valence-electron chi connectivity index (χ3n) is 0. The van der Waals surface area contributed by atoms with E-state index in [4.69, 9.17) is 0 Å². The molecule has 3 nitrogen and oxygen atoms in total. The van der Waals surface area contributed by atoms with Crippen LogP contribution in [0.4, 0.5) is 0 Å². The maximum atomic E-state index is 0. The Labute approximate surface area is 43.7 Å². The molecule has 4 heteroatoms. The molecule has 0 fully saturated rings. The van der Waals surface area contributed by atoms with Crippen LogP contribution in [0.5, 0.6) is 0 Å². The number of quaternary nitrogens is 1. The van der Waals surface area contributed by atoms with E-state index in [0.717, 1.165) is 0 Å². The maximum absolute atomic E-state index is 0. The Kier molecular flexibility index (Phi) is 1430. The summed E-state index contributed by atoms with van der Waals surface area (Å²) in [4.78, 5) is 0. The Morgan fingerprint density at radius 1 is 0.750 bits per heavy atom. The average Bonchev–Trinajstić information content (AvgIpc) is 0. The molecule has 0 saturated heterocycles. The van der Waals surface area contributed by atoms with Crippen LogP contribution in [-0.2, 0) is 26.2 Å². The van der Waals surface area contributed by atoms with Gasteiger partial charge in [-0.25, -0.2) is 0 Å². The summed E-state index contributed by atoms with van der Waals surface area (Å²) in [6, 6.07) is 0. The smallest absolute Gasteiger partial charge is 0 e. The third kappa shape index (κ3) is 14.7. The van der Waals surface area contributed by atoms with E-state index >= 15 is 0 Å². The van der Waals surface area contributed by atoms with Gasteiger partial charge < -0.3 is 17.1 Å². The van der Waals surface area contributed by atoms with Gasteiger partial charge in [0.05, 0.1) is 0 Å². The molecule has 0 heterocycles. The number of hydrogen-bond donors (Lipinski definition) is 1. The molecule has 0 rings (SSSR count). The van der Waals surface area contributed by atoms with E-state index < -0.39 is 0 Å². The number of hydrogen-bond acceptors (Lipinski definition) is 2. The summed E-state index contributed by atoms with van der Waals surface area (Å²) in [5.74, 6) is 0. The summed E-state index contributed by atoms with van der Waals surface area (Å²) in [5.41, 5.74) is 0. The topological polar surface area (TPSA) is 96.5 Å². The molecule has 0 radical (unpaired) electrons. The predicted molar refractivity (Wildman–Crippen MR) is 9.86 cm³/mol. The standard InChI is InChI=1S/H3N.2H2O.Zr/h1H3;2*1H2;/p-1. The fourth-order valence-corrected chi connectivity index (χ4v) is 0. The van der Waals surface area contributed by atoms with Crippen molar-refractivity contribution >= 4 is 0 Å². The number of rotatable bonds is 0. The Balaban J connectivity index is 0. The second-order valence-electron chi connectivity index (χ2n) is 0. The Hall–Kier alpha value is 0.763. The predicted octanol–water partition coefficient (Wildman–Crippen LogP) is 0.0201. The molecule has 0 bridgehead atoms. The van der Waals surface area contributed by atoms with Gasteiger partial charge in [-0.05, 0) is 0 Å². The minimum Gasteiger partial charge on any atom is -0.870 e. The monoisotopic (exact) mass is 142 g/mol. The van der Waals surface area contributed by atoms with E-state index in [9.17, 15) is 0 Å². The molecular weight excluding hydrogens is 137 g/mol. The molecule has 0 atom stereocenters. The van der Waals surface area contributed by atoms with Crippen LogP contribution in [0.2, 0.25) is 0 Å². The summed E-state index contributed by atoms with van der Waals surface area (Å²) < 4.78 is 0. The van der Waals surface area contributed by atoms with Gasteiger partial charge in [-0.15, -0.1) is 0 Å². The van der Waals surface area contributed by atoms with Gasteiger partial charge >= 0.3 is 0 Å². The maximum Gasteiger partial charge on any atom is 0 e. The van der Waals surface area contributed by atoms with Crippen molar-refractivity contribution in [3.8, 4) is 0 Å². The molecule has 0 aromatic carbocycles. The van der Waals surface area contributed by atoms with Gasteiger partial charge in [0.15, 0.2) is 0 Å². The quantitative estimate of drug-likeness (QED) is 0.517. The van der Waals surface area contributed by atoms with E-state index in [0.29, 0.717) is 0 Å². The van der Waals surface area contributed by atoms with E-state index in [1.165, 1.54) is 0 Å². The molecule has 0 spiro atoms. The molecule has 0 aliphatic rings. The van der Waals surface area contributed by atoms with E-state index in [2.05, 4.69) is 0 Å². The van der Waals surface area contributed by atoms with Crippen molar-refractivity contribution in [3.63, 3.8) is 0 Å². The molecule has 0 aliphatic carbocycles. The van der Waals surface area contributed by atoms with Crippen molar-refractivity contribution in [2.75, 3.05) is 0 Å². The first-order valence-corrected chi connectivity index (χ1v) is 0. The fourth-order valence-electron chi connectivity index (χ4n) is 0. The van der Waals surface area contributed by atoms with Gasteiger partial charge in [0, 0.05) is 26.2 Å². The molecule has 4 heavy (non-hydrogen) atoms. The average molecular weight is 143 g/mol. The molecular formula is H6NO2Zr-. The van der Waals surface area contributed by atoms with Gasteiger partial charge in [0.1, 0.15) is 0 Å². The zero-order valence-electron chi connectivity index (χ0n) is 2.39. The Morgan fingerprint density at radius 2 is 0.750 bits per heavy atom. The molecule has 6 N–H and O–H groups in total. The van der Waals surface area contributed by atoms with E-state index in [-0.39, 0.29) is 43.3 Å². The van der Waals surface area contributed by atoms with Crippen LogP contribution in [0.15, 0.2) is 0 Å². The first-order valence-electron chi connectivity index (χ1n) is 0. The van der Waals surface area contributed by atoms with Crippen molar-refractivity contribution in [3.05, 3.63) is 0 Å². The summed E-state index contributed by atoms with van der Waals surface area (Å²) in [5, 5.41) is 0. The van der Waals surface area contributed by atoms with Gasteiger partial charge in [0.25, 0.3) is 0 Å².